The Morgan fingerprint density at radius 3 is 2.16 bits per heavy atom. The monoisotopic (exact) mass is 853 g/mol. The van der Waals surface area contributed by atoms with Crippen LogP contribution in [0.25, 0.3) is 54.1 Å². The Bertz CT molecular complexity index is 2140. The van der Waals surface area contributed by atoms with Crippen LogP contribution in [0.4, 0.5) is 0 Å². The summed E-state index contributed by atoms with van der Waals surface area (Å²) in [6.45, 7) is 21.0. The van der Waals surface area contributed by atoms with Gasteiger partial charge in [0, 0.05) is 69.3 Å². The fourth-order valence-electron chi connectivity index (χ4n) is 6.22. The average molecular weight is 853 g/mol. The van der Waals surface area contributed by atoms with Crippen molar-refractivity contribution in [3.63, 3.8) is 0 Å². The Morgan fingerprint density at radius 1 is 0.878 bits per heavy atom. The molecule has 3 aromatic heterocycles. The third-order valence-electron chi connectivity index (χ3n) is 10.6. The molecule has 3 heterocycles. The molecule has 0 saturated carbocycles. The molecule has 4 nitrogen and oxygen atoms in total. The van der Waals surface area contributed by atoms with E-state index >= 15 is 0 Å². The number of aryl methyl sites for hydroxylation is 1. The number of thiophene rings is 1. The first-order valence-electron chi connectivity index (χ1n) is 17.3. The molecule has 0 aliphatic heterocycles. The Balaban J connectivity index is 0.000000260. The summed E-state index contributed by atoms with van der Waals surface area (Å²) >= 11 is 1.82. The maximum absolute atomic E-state index is 12.2. The van der Waals surface area contributed by atoms with Crippen LogP contribution in [0.1, 0.15) is 98.4 Å². The number of aromatic nitrogens is 1. The first kappa shape index (κ1) is 38.5. The fourth-order valence-corrected chi connectivity index (χ4v) is 7.17. The van der Waals surface area contributed by atoms with Gasteiger partial charge in [-0.1, -0.05) is 91.5 Å². The normalized spacial score (nSPS) is 12.7. The van der Waals surface area contributed by atoms with Crippen molar-refractivity contribution in [1.82, 2.24) is 4.98 Å². The van der Waals surface area contributed by atoms with E-state index in [1.54, 1.807) is 0 Å². The second-order valence-corrected chi connectivity index (χ2v) is 16.0. The Labute approximate surface area is 309 Å². The van der Waals surface area contributed by atoms with E-state index in [2.05, 4.69) is 88.4 Å². The maximum Gasteiger partial charge on any atom is 0.164 e. The number of aliphatic hydroxyl groups excluding tert-OH is 1. The van der Waals surface area contributed by atoms with Gasteiger partial charge in [0.1, 0.15) is 16.9 Å². The number of nitrogens with zero attached hydrogens (tertiary/aromatic N) is 1. The molecule has 0 aliphatic carbocycles. The molecule has 261 valence electrons. The third kappa shape index (κ3) is 7.57. The van der Waals surface area contributed by atoms with Gasteiger partial charge in [0.2, 0.25) is 0 Å². The molecule has 0 bridgehead atoms. The minimum atomic E-state index is -0.337. The number of allylic oxidation sites excluding steroid dienone is 2. The molecule has 3 aromatic carbocycles. The maximum atomic E-state index is 12.2. The van der Waals surface area contributed by atoms with Gasteiger partial charge in [-0.2, -0.15) is 0 Å². The quantitative estimate of drug-likeness (QED) is 0.0941. The first-order chi connectivity index (χ1) is 22.7. The van der Waals surface area contributed by atoms with Crippen molar-refractivity contribution in [2.45, 2.75) is 100 Å². The van der Waals surface area contributed by atoms with E-state index < -0.39 is 0 Å². The van der Waals surface area contributed by atoms with Gasteiger partial charge in [-0.15, -0.1) is 40.5 Å². The third-order valence-corrected chi connectivity index (χ3v) is 11.6. The molecule has 0 aliphatic rings. The van der Waals surface area contributed by atoms with E-state index in [-0.39, 0.29) is 47.9 Å². The Hall–Kier alpha value is -3.31. The van der Waals surface area contributed by atoms with Crippen molar-refractivity contribution in [3.05, 3.63) is 89.1 Å². The zero-order chi connectivity index (χ0) is 35.0. The van der Waals surface area contributed by atoms with Crippen molar-refractivity contribution in [2.24, 2.45) is 10.8 Å². The van der Waals surface area contributed by atoms with E-state index in [1.165, 1.54) is 32.0 Å². The second-order valence-electron chi connectivity index (χ2n) is 14.7. The number of furan rings is 1. The molecule has 0 amide bonds. The molecule has 0 spiro atoms. The molecule has 0 atom stereocenters. The summed E-state index contributed by atoms with van der Waals surface area (Å²) in [7, 11) is 0. The molecular formula is C43H50IrNO3S-. The van der Waals surface area contributed by atoms with Crippen LogP contribution in [0.3, 0.4) is 0 Å². The number of benzene rings is 3. The predicted molar refractivity (Wildman–Crippen MR) is 205 cm³/mol. The molecule has 0 unspecified atom stereocenters. The summed E-state index contributed by atoms with van der Waals surface area (Å²) in [5.41, 5.74) is 4.27. The summed E-state index contributed by atoms with van der Waals surface area (Å²) in [4.78, 5) is 18.2. The molecule has 6 aromatic rings. The number of hydrogen-bond acceptors (Lipinski definition) is 5. The molecule has 0 saturated heterocycles. The van der Waals surface area contributed by atoms with Crippen LogP contribution >= 0.6 is 11.3 Å². The second kappa shape index (κ2) is 14.9. The molecule has 1 radical (unpaired) electrons. The van der Waals surface area contributed by atoms with Crippen LogP contribution < -0.4 is 0 Å². The topological polar surface area (TPSA) is 63.3 Å². The van der Waals surface area contributed by atoms with Gasteiger partial charge in [-0.25, -0.2) is 0 Å². The van der Waals surface area contributed by atoms with Crippen molar-refractivity contribution >= 4 is 59.9 Å². The van der Waals surface area contributed by atoms with Crippen molar-refractivity contribution in [1.29, 1.82) is 0 Å². The molecule has 0 fully saturated rings. The molecule has 1 N–H and O–H groups in total. The fraction of sp³-hybridized carbons (Fsp3) is 0.395. The van der Waals surface area contributed by atoms with Crippen LogP contribution in [0.15, 0.2) is 77.0 Å². The molecule has 6 rings (SSSR count). The zero-order valence-electron chi connectivity index (χ0n) is 30.6. The van der Waals surface area contributed by atoms with Gasteiger partial charge in [0.05, 0.1) is 0 Å². The van der Waals surface area contributed by atoms with E-state index in [1.807, 2.05) is 59.1 Å². The van der Waals surface area contributed by atoms with Gasteiger partial charge in [0.25, 0.3) is 0 Å². The number of pyridine rings is 1. The molecular weight excluding hydrogens is 803 g/mol. The average Bonchev–Trinajstić information content (AvgIpc) is 3.63. The van der Waals surface area contributed by atoms with Crippen molar-refractivity contribution in [2.75, 3.05) is 0 Å². The smallest absolute Gasteiger partial charge is 0.164 e. The molecule has 6 heteroatoms. The SMILES string of the molecule is CCC(C)(CC)C(=O)/C=C(\O)C(C)(CC)CC.Cc1cc2cc3oc4c(-c5[c-]c6ccccc6c(C(C)(C)C)c5)nccc4c3cc2s1.[Ir]. The number of hydrogen-bond donors (Lipinski definition) is 1. The minimum Gasteiger partial charge on any atom is -0.512 e. The van der Waals surface area contributed by atoms with Gasteiger partial charge in [-0.05, 0) is 67.7 Å². The van der Waals surface area contributed by atoms with Crippen LogP contribution in [0.5, 0.6) is 0 Å². The van der Waals surface area contributed by atoms with E-state index in [0.717, 1.165) is 64.3 Å². The van der Waals surface area contributed by atoms with Crippen LogP contribution in [-0.4, -0.2) is 15.9 Å². The van der Waals surface area contributed by atoms with Crippen LogP contribution in [-0.2, 0) is 30.3 Å². The molecule has 49 heavy (non-hydrogen) atoms. The predicted octanol–water partition coefficient (Wildman–Crippen LogP) is 13.1. The number of carbonyl (C=O) groups excluding carboxylic acids is 1. The summed E-state index contributed by atoms with van der Waals surface area (Å²) in [6.07, 6.45) is 6.64. The van der Waals surface area contributed by atoms with Gasteiger partial charge < -0.3 is 9.52 Å². The summed E-state index contributed by atoms with van der Waals surface area (Å²) in [5.74, 6) is 0.286. The zero-order valence-corrected chi connectivity index (χ0v) is 33.8. The number of carbonyl (C=O) groups is 1. The number of rotatable bonds is 8. The van der Waals surface area contributed by atoms with Gasteiger partial charge in [0.15, 0.2) is 5.78 Å². The number of ketones is 1. The van der Waals surface area contributed by atoms with Crippen LogP contribution in [0, 0.1) is 23.8 Å². The van der Waals surface area contributed by atoms with Crippen molar-refractivity contribution in [3.8, 4) is 11.3 Å². The number of aliphatic hydroxyl groups is 1. The first-order valence-corrected chi connectivity index (χ1v) is 18.1. The van der Waals surface area contributed by atoms with Gasteiger partial charge in [-0.3, -0.25) is 9.78 Å². The largest absolute Gasteiger partial charge is 0.512 e. The van der Waals surface area contributed by atoms with Crippen molar-refractivity contribution < 1.29 is 34.4 Å². The summed E-state index contributed by atoms with van der Waals surface area (Å²) < 4.78 is 7.71. The minimum absolute atomic E-state index is 0. The van der Waals surface area contributed by atoms with E-state index in [4.69, 9.17) is 9.40 Å². The van der Waals surface area contributed by atoms with E-state index in [9.17, 15) is 9.90 Å². The number of fused-ring (bicyclic) bond motifs is 5. The summed E-state index contributed by atoms with van der Waals surface area (Å²) in [5, 5.41) is 16.0. The Morgan fingerprint density at radius 2 is 1.53 bits per heavy atom. The standard InChI is InChI=1S/C28H22NOS.C15H28O2.Ir/c1-16-11-18-14-24-22(15-25(18)31-16)21-9-10-29-26(27(21)30-24)19-12-17-7-5-6-8-20(17)23(13-19)28(2,3)4;1-7-14(5,8-2)12(16)11-13(17)15(6,9-3)10-4;/h5-11,13-15H,1-4H3;11,16H,7-10H2,1-6H3;/q-1;;/b;12-11-;. The van der Waals surface area contributed by atoms with Crippen LogP contribution in [0.2, 0.25) is 0 Å². The van der Waals surface area contributed by atoms with Gasteiger partial charge >= 0.3 is 0 Å². The Kier molecular flexibility index (Phi) is 11.7. The van der Waals surface area contributed by atoms with E-state index in [0.29, 0.717) is 0 Å². The summed E-state index contributed by atoms with van der Waals surface area (Å²) in [6, 6.07) is 23.0.